The third kappa shape index (κ3) is 2.54. The van der Waals surface area contributed by atoms with Gasteiger partial charge in [0.1, 0.15) is 5.75 Å². The Morgan fingerprint density at radius 1 is 1.19 bits per heavy atom. The average Bonchev–Trinajstić information content (AvgIpc) is 2.33. The molecule has 16 heavy (non-hydrogen) atoms. The van der Waals surface area contributed by atoms with Gasteiger partial charge in [0, 0.05) is 13.1 Å². The van der Waals surface area contributed by atoms with Crippen LogP contribution in [-0.4, -0.2) is 24.1 Å². The molecule has 1 heterocycles. The molecule has 1 aromatic rings. The summed E-state index contributed by atoms with van der Waals surface area (Å²) in [5, 5.41) is 0. The minimum atomic E-state index is -0.214. The van der Waals surface area contributed by atoms with Crippen molar-refractivity contribution in [3.8, 4) is 5.75 Å². The second-order valence-corrected chi connectivity index (χ2v) is 4.18. The number of carbonyl (C=O) groups excluding carboxylic acids is 1. The number of carbonyl (C=O) groups is 1. The molecule has 1 aromatic carbocycles. The molecular weight excluding hydrogens is 202 g/mol. The van der Waals surface area contributed by atoms with Crippen molar-refractivity contribution in [3.63, 3.8) is 0 Å². The Hall–Kier alpha value is -1.51. The van der Waals surface area contributed by atoms with Crippen LogP contribution in [0.5, 0.6) is 5.75 Å². The van der Waals surface area contributed by atoms with Crippen LogP contribution in [-0.2, 0) is 0 Å². The van der Waals surface area contributed by atoms with E-state index in [0.717, 1.165) is 31.5 Å². The summed E-state index contributed by atoms with van der Waals surface area (Å²) in [7, 11) is 0. The van der Waals surface area contributed by atoms with Crippen LogP contribution in [0, 0.1) is 6.92 Å². The van der Waals surface area contributed by atoms with Crippen LogP contribution in [0.25, 0.3) is 0 Å². The van der Waals surface area contributed by atoms with Gasteiger partial charge in [-0.15, -0.1) is 0 Å². The van der Waals surface area contributed by atoms with E-state index in [9.17, 15) is 4.79 Å². The lowest BCUT2D eigenvalue weighted by atomic mass is 10.1. The van der Waals surface area contributed by atoms with Gasteiger partial charge >= 0.3 is 6.09 Å². The lowest BCUT2D eigenvalue weighted by Gasteiger charge is -2.25. The fourth-order valence-electron chi connectivity index (χ4n) is 1.91. The molecule has 0 atom stereocenters. The van der Waals surface area contributed by atoms with E-state index in [-0.39, 0.29) is 6.09 Å². The third-order valence-electron chi connectivity index (χ3n) is 2.91. The van der Waals surface area contributed by atoms with E-state index in [2.05, 4.69) is 0 Å². The fourth-order valence-corrected chi connectivity index (χ4v) is 1.91. The van der Waals surface area contributed by atoms with Crippen molar-refractivity contribution in [2.24, 2.45) is 0 Å². The second-order valence-electron chi connectivity index (χ2n) is 4.18. The zero-order valence-corrected chi connectivity index (χ0v) is 9.61. The molecule has 0 bridgehead atoms. The molecule has 0 saturated carbocycles. The molecule has 0 N–H and O–H groups in total. The van der Waals surface area contributed by atoms with E-state index >= 15 is 0 Å². The minimum absolute atomic E-state index is 0.214. The Balaban J connectivity index is 1.99. The van der Waals surface area contributed by atoms with Crippen molar-refractivity contribution in [2.45, 2.75) is 26.2 Å². The van der Waals surface area contributed by atoms with Gasteiger partial charge in [-0.25, -0.2) is 4.79 Å². The van der Waals surface area contributed by atoms with Crippen LogP contribution in [0.3, 0.4) is 0 Å². The van der Waals surface area contributed by atoms with Gasteiger partial charge in [0.05, 0.1) is 0 Å². The van der Waals surface area contributed by atoms with Crippen LogP contribution < -0.4 is 4.74 Å². The van der Waals surface area contributed by atoms with Crippen molar-refractivity contribution in [3.05, 3.63) is 29.8 Å². The maximum Gasteiger partial charge on any atom is 0.415 e. The summed E-state index contributed by atoms with van der Waals surface area (Å²) in [5.74, 6) is 0.665. The number of ether oxygens (including phenoxy) is 1. The number of rotatable bonds is 1. The number of hydrogen-bond donors (Lipinski definition) is 0. The van der Waals surface area contributed by atoms with Crippen molar-refractivity contribution in [1.29, 1.82) is 0 Å². The average molecular weight is 219 g/mol. The minimum Gasteiger partial charge on any atom is -0.410 e. The van der Waals surface area contributed by atoms with Gasteiger partial charge in [0.2, 0.25) is 0 Å². The number of amides is 1. The molecule has 1 saturated heterocycles. The number of hydrogen-bond acceptors (Lipinski definition) is 2. The molecule has 0 unspecified atom stereocenters. The molecule has 3 heteroatoms. The van der Waals surface area contributed by atoms with Crippen LogP contribution in [0.1, 0.15) is 24.8 Å². The van der Waals surface area contributed by atoms with Crippen LogP contribution in [0.4, 0.5) is 4.79 Å². The predicted octanol–water partition coefficient (Wildman–Crippen LogP) is 2.98. The summed E-state index contributed by atoms with van der Waals surface area (Å²) in [6.45, 7) is 3.59. The summed E-state index contributed by atoms with van der Waals surface area (Å²) in [4.78, 5) is 13.6. The van der Waals surface area contributed by atoms with E-state index in [1.54, 1.807) is 4.90 Å². The van der Waals surface area contributed by atoms with Crippen LogP contribution in [0.15, 0.2) is 24.3 Å². The highest BCUT2D eigenvalue weighted by Crippen LogP contribution is 2.18. The lowest BCUT2D eigenvalue weighted by Crippen LogP contribution is -2.37. The first kappa shape index (κ1) is 11.0. The van der Waals surface area contributed by atoms with Gasteiger partial charge in [-0.1, -0.05) is 18.2 Å². The zero-order valence-electron chi connectivity index (χ0n) is 9.61. The van der Waals surface area contributed by atoms with Gasteiger partial charge in [0.15, 0.2) is 0 Å². The van der Waals surface area contributed by atoms with Gasteiger partial charge < -0.3 is 9.64 Å². The largest absolute Gasteiger partial charge is 0.415 e. The van der Waals surface area contributed by atoms with Crippen molar-refractivity contribution in [2.75, 3.05) is 13.1 Å². The summed E-state index contributed by atoms with van der Waals surface area (Å²) < 4.78 is 5.37. The quantitative estimate of drug-likeness (QED) is 0.726. The Bertz CT molecular complexity index is 370. The monoisotopic (exact) mass is 219 g/mol. The van der Waals surface area contributed by atoms with Crippen molar-refractivity contribution < 1.29 is 9.53 Å². The first-order valence-electron chi connectivity index (χ1n) is 5.80. The van der Waals surface area contributed by atoms with Gasteiger partial charge in [0.25, 0.3) is 0 Å². The maximum absolute atomic E-state index is 11.8. The molecule has 0 aromatic heterocycles. The Labute approximate surface area is 96.0 Å². The first-order valence-corrected chi connectivity index (χ1v) is 5.80. The summed E-state index contributed by atoms with van der Waals surface area (Å²) in [6.07, 6.45) is 3.17. The number of para-hydroxylation sites is 1. The smallest absolute Gasteiger partial charge is 0.410 e. The van der Waals surface area contributed by atoms with Gasteiger partial charge in [-0.2, -0.15) is 0 Å². The lowest BCUT2D eigenvalue weighted by molar-refractivity contribution is 0.142. The van der Waals surface area contributed by atoms with Gasteiger partial charge in [-0.05, 0) is 37.8 Å². The number of aryl methyl sites for hydroxylation is 1. The molecule has 0 radical (unpaired) electrons. The Kier molecular flexibility index (Phi) is 3.44. The van der Waals surface area contributed by atoms with E-state index in [0.29, 0.717) is 5.75 Å². The molecular formula is C13H17NO2. The van der Waals surface area contributed by atoms with E-state index in [1.807, 2.05) is 31.2 Å². The SMILES string of the molecule is Cc1ccccc1OC(=O)N1CCCCC1. The van der Waals surface area contributed by atoms with Crippen LogP contribution >= 0.6 is 0 Å². The highest BCUT2D eigenvalue weighted by molar-refractivity contribution is 5.71. The Morgan fingerprint density at radius 3 is 2.56 bits per heavy atom. The second kappa shape index (κ2) is 5.01. The van der Waals surface area contributed by atoms with Crippen molar-refractivity contribution >= 4 is 6.09 Å². The molecule has 2 rings (SSSR count). The molecule has 1 fully saturated rings. The molecule has 1 aliphatic rings. The third-order valence-corrected chi connectivity index (χ3v) is 2.91. The summed E-state index contributed by atoms with van der Waals surface area (Å²) >= 11 is 0. The van der Waals surface area contributed by atoms with E-state index < -0.39 is 0 Å². The Morgan fingerprint density at radius 2 is 1.88 bits per heavy atom. The molecule has 86 valence electrons. The number of nitrogens with zero attached hydrogens (tertiary/aromatic N) is 1. The number of piperidine rings is 1. The topological polar surface area (TPSA) is 29.5 Å². The zero-order chi connectivity index (χ0) is 11.4. The van der Waals surface area contributed by atoms with Gasteiger partial charge in [-0.3, -0.25) is 0 Å². The molecule has 0 aliphatic carbocycles. The highest BCUT2D eigenvalue weighted by Gasteiger charge is 2.18. The van der Waals surface area contributed by atoms with E-state index in [1.165, 1.54) is 6.42 Å². The van der Waals surface area contributed by atoms with Crippen LogP contribution in [0.2, 0.25) is 0 Å². The molecule has 0 spiro atoms. The van der Waals surface area contributed by atoms with E-state index in [4.69, 9.17) is 4.74 Å². The number of benzene rings is 1. The normalized spacial score (nSPS) is 15.9. The standard InChI is InChI=1S/C13H17NO2/c1-11-7-3-4-8-12(11)16-13(15)14-9-5-2-6-10-14/h3-4,7-8H,2,5-6,9-10H2,1H3. The predicted molar refractivity (Wildman–Crippen MR) is 62.6 cm³/mol. The molecule has 1 aliphatic heterocycles. The summed E-state index contributed by atoms with van der Waals surface area (Å²) in [5.41, 5.74) is 0.993. The maximum atomic E-state index is 11.8. The summed E-state index contributed by atoms with van der Waals surface area (Å²) in [6, 6.07) is 7.59. The fraction of sp³-hybridized carbons (Fsp3) is 0.462. The number of likely N-dealkylation sites (tertiary alicyclic amines) is 1. The van der Waals surface area contributed by atoms with Crippen molar-refractivity contribution in [1.82, 2.24) is 4.90 Å². The molecule has 1 amide bonds. The highest BCUT2D eigenvalue weighted by atomic mass is 16.6. The first-order chi connectivity index (χ1) is 7.77. The molecule has 3 nitrogen and oxygen atoms in total.